The molecule has 2 rings (SSSR count). The van der Waals surface area contributed by atoms with Gasteiger partial charge in [0, 0.05) is 17.5 Å². The van der Waals surface area contributed by atoms with Crippen LogP contribution in [0.5, 0.6) is 0 Å². The first-order valence-electron chi connectivity index (χ1n) is 6.21. The highest BCUT2D eigenvalue weighted by molar-refractivity contribution is 7.09. The molecule has 1 saturated carbocycles. The average Bonchev–Trinajstić information content (AvgIpc) is 2.68. The Morgan fingerprint density at radius 1 is 1.13 bits per heavy atom. The standard InChI is InChI=1S/C13H21NS/c1-2-4-7-12(8-5-3-1)14-11-13-9-6-10-15-13/h6,9-10,12,14H,1-5,7-8,11H2. The molecule has 15 heavy (non-hydrogen) atoms. The summed E-state index contributed by atoms with van der Waals surface area (Å²) in [7, 11) is 0. The predicted octanol–water partition coefficient (Wildman–Crippen LogP) is 3.95. The van der Waals surface area contributed by atoms with Crippen LogP contribution in [-0.4, -0.2) is 6.04 Å². The molecule has 1 fully saturated rings. The quantitative estimate of drug-likeness (QED) is 0.818. The zero-order valence-corrected chi connectivity index (χ0v) is 10.2. The summed E-state index contributed by atoms with van der Waals surface area (Å²) in [5.41, 5.74) is 0. The van der Waals surface area contributed by atoms with Crippen LogP contribution in [0.3, 0.4) is 0 Å². The first-order chi connectivity index (χ1) is 7.45. The molecular formula is C13H21NS. The van der Waals surface area contributed by atoms with Gasteiger partial charge in [0.05, 0.1) is 0 Å². The SMILES string of the molecule is c1csc(CNC2CCCCCCC2)c1. The molecule has 0 amide bonds. The van der Waals surface area contributed by atoms with Crippen molar-refractivity contribution in [1.82, 2.24) is 5.32 Å². The molecule has 1 N–H and O–H groups in total. The highest BCUT2D eigenvalue weighted by Crippen LogP contribution is 2.18. The van der Waals surface area contributed by atoms with Gasteiger partial charge in [0.15, 0.2) is 0 Å². The van der Waals surface area contributed by atoms with Crippen LogP contribution in [0.1, 0.15) is 49.8 Å². The van der Waals surface area contributed by atoms with Gasteiger partial charge in [-0.3, -0.25) is 0 Å². The minimum Gasteiger partial charge on any atom is -0.309 e. The second-order valence-corrected chi connectivity index (χ2v) is 5.53. The molecule has 0 spiro atoms. The molecule has 1 aliphatic carbocycles. The van der Waals surface area contributed by atoms with E-state index in [1.807, 2.05) is 11.3 Å². The van der Waals surface area contributed by atoms with E-state index in [2.05, 4.69) is 22.8 Å². The van der Waals surface area contributed by atoms with Gasteiger partial charge in [-0.1, -0.05) is 38.2 Å². The van der Waals surface area contributed by atoms with E-state index in [9.17, 15) is 0 Å². The highest BCUT2D eigenvalue weighted by Gasteiger charge is 2.10. The van der Waals surface area contributed by atoms with E-state index < -0.39 is 0 Å². The van der Waals surface area contributed by atoms with Gasteiger partial charge in [0.1, 0.15) is 0 Å². The van der Waals surface area contributed by atoms with Crippen molar-refractivity contribution < 1.29 is 0 Å². The van der Waals surface area contributed by atoms with Gasteiger partial charge >= 0.3 is 0 Å². The first-order valence-corrected chi connectivity index (χ1v) is 7.09. The molecule has 0 bridgehead atoms. The molecule has 0 aromatic carbocycles. The first kappa shape index (κ1) is 11.2. The number of hydrogen-bond donors (Lipinski definition) is 1. The molecule has 0 unspecified atom stereocenters. The largest absolute Gasteiger partial charge is 0.309 e. The number of rotatable bonds is 3. The van der Waals surface area contributed by atoms with Gasteiger partial charge < -0.3 is 5.32 Å². The topological polar surface area (TPSA) is 12.0 Å². The summed E-state index contributed by atoms with van der Waals surface area (Å²) in [5, 5.41) is 5.86. The lowest BCUT2D eigenvalue weighted by Crippen LogP contribution is -2.28. The Balaban J connectivity index is 1.72. The van der Waals surface area contributed by atoms with Crippen LogP contribution < -0.4 is 5.32 Å². The van der Waals surface area contributed by atoms with Crippen LogP contribution >= 0.6 is 11.3 Å². The molecule has 1 aliphatic rings. The minimum absolute atomic E-state index is 0.771. The van der Waals surface area contributed by atoms with Crippen molar-refractivity contribution in [2.24, 2.45) is 0 Å². The van der Waals surface area contributed by atoms with Crippen LogP contribution in [0.25, 0.3) is 0 Å². The second kappa shape index (κ2) is 6.29. The molecule has 1 aromatic heterocycles. The number of hydrogen-bond acceptors (Lipinski definition) is 2. The zero-order chi connectivity index (χ0) is 10.3. The van der Waals surface area contributed by atoms with Crippen molar-refractivity contribution in [2.75, 3.05) is 0 Å². The molecule has 0 saturated heterocycles. The summed E-state index contributed by atoms with van der Waals surface area (Å²) in [4.78, 5) is 1.47. The van der Waals surface area contributed by atoms with Crippen molar-refractivity contribution in [3.05, 3.63) is 22.4 Å². The molecule has 0 atom stereocenters. The summed E-state index contributed by atoms with van der Waals surface area (Å²) >= 11 is 1.86. The van der Waals surface area contributed by atoms with Crippen molar-refractivity contribution in [1.29, 1.82) is 0 Å². The monoisotopic (exact) mass is 223 g/mol. The van der Waals surface area contributed by atoms with E-state index >= 15 is 0 Å². The van der Waals surface area contributed by atoms with E-state index in [0.29, 0.717) is 0 Å². The summed E-state index contributed by atoms with van der Waals surface area (Å²) in [5.74, 6) is 0. The lowest BCUT2D eigenvalue weighted by atomic mass is 9.97. The van der Waals surface area contributed by atoms with E-state index in [-0.39, 0.29) is 0 Å². The average molecular weight is 223 g/mol. The molecule has 1 nitrogen and oxygen atoms in total. The number of thiophene rings is 1. The fraction of sp³-hybridized carbons (Fsp3) is 0.692. The summed E-state index contributed by atoms with van der Waals surface area (Å²) in [6, 6.07) is 5.13. The fourth-order valence-corrected chi connectivity index (χ4v) is 2.97. The normalized spacial score (nSPS) is 19.7. The van der Waals surface area contributed by atoms with E-state index in [1.165, 1.54) is 49.8 Å². The Labute approximate surface area is 96.9 Å². The number of nitrogens with one attached hydrogen (secondary N) is 1. The van der Waals surface area contributed by atoms with E-state index in [1.54, 1.807) is 0 Å². The molecule has 84 valence electrons. The summed E-state index contributed by atoms with van der Waals surface area (Å²) < 4.78 is 0. The maximum absolute atomic E-state index is 3.70. The van der Waals surface area contributed by atoms with E-state index in [4.69, 9.17) is 0 Å². The lowest BCUT2D eigenvalue weighted by Gasteiger charge is -2.20. The third kappa shape index (κ3) is 3.96. The third-order valence-corrected chi connectivity index (χ3v) is 4.13. The molecule has 0 aliphatic heterocycles. The van der Waals surface area contributed by atoms with Crippen LogP contribution in [-0.2, 0) is 6.54 Å². The third-order valence-electron chi connectivity index (χ3n) is 3.25. The maximum Gasteiger partial charge on any atom is 0.0302 e. The van der Waals surface area contributed by atoms with Gasteiger partial charge in [-0.25, -0.2) is 0 Å². The Morgan fingerprint density at radius 2 is 1.87 bits per heavy atom. The lowest BCUT2D eigenvalue weighted by molar-refractivity contribution is 0.390. The predicted molar refractivity (Wildman–Crippen MR) is 67.3 cm³/mol. The molecule has 1 aromatic rings. The molecular weight excluding hydrogens is 202 g/mol. The van der Waals surface area contributed by atoms with Crippen LogP contribution in [0, 0.1) is 0 Å². The van der Waals surface area contributed by atoms with Crippen molar-refractivity contribution >= 4 is 11.3 Å². The van der Waals surface area contributed by atoms with Crippen molar-refractivity contribution in [3.63, 3.8) is 0 Å². The van der Waals surface area contributed by atoms with Crippen LogP contribution in [0.4, 0.5) is 0 Å². The van der Waals surface area contributed by atoms with Crippen molar-refractivity contribution in [3.8, 4) is 0 Å². The highest BCUT2D eigenvalue weighted by atomic mass is 32.1. The van der Waals surface area contributed by atoms with Gasteiger partial charge in [0.25, 0.3) is 0 Å². The van der Waals surface area contributed by atoms with Crippen LogP contribution in [0.15, 0.2) is 17.5 Å². The molecule has 0 radical (unpaired) electrons. The van der Waals surface area contributed by atoms with Gasteiger partial charge in [-0.05, 0) is 24.3 Å². The Bertz CT molecular complexity index is 248. The Kier molecular flexibility index (Phi) is 4.68. The van der Waals surface area contributed by atoms with Gasteiger partial charge in [-0.15, -0.1) is 11.3 Å². The Morgan fingerprint density at radius 3 is 2.53 bits per heavy atom. The van der Waals surface area contributed by atoms with Gasteiger partial charge in [-0.2, -0.15) is 0 Å². The van der Waals surface area contributed by atoms with Crippen LogP contribution in [0.2, 0.25) is 0 Å². The fourth-order valence-electron chi connectivity index (χ4n) is 2.32. The van der Waals surface area contributed by atoms with E-state index in [0.717, 1.165) is 12.6 Å². The Hall–Kier alpha value is -0.340. The van der Waals surface area contributed by atoms with Crippen molar-refractivity contribution in [2.45, 2.75) is 57.5 Å². The second-order valence-electron chi connectivity index (χ2n) is 4.50. The molecule has 2 heteroatoms. The maximum atomic E-state index is 3.70. The summed E-state index contributed by atoms with van der Waals surface area (Å²) in [6.45, 7) is 1.07. The molecule has 1 heterocycles. The smallest absolute Gasteiger partial charge is 0.0302 e. The zero-order valence-electron chi connectivity index (χ0n) is 9.37. The minimum atomic E-state index is 0.771. The van der Waals surface area contributed by atoms with Gasteiger partial charge in [0.2, 0.25) is 0 Å². The summed E-state index contributed by atoms with van der Waals surface area (Å²) in [6.07, 6.45) is 9.94.